The second-order valence-electron chi connectivity index (χ2n) is 7.33. The minimum Gasteiger partial charge on any atom is -0.477 e. The molecule has 1 aliphatic heterocycles. The monoisotopic (exact) mass is 467 g/mol. The number of carboxylic acid groups (broad SMARTS) is 1. The molecule has 1 fully saturated rings. The predicted octanol–water partition coefficient (Wildman–Crippen LogP) is 5.22. The van der Waals surface area contributed by atoms with Gasteiger partial charge in [0.1, 0.15) is 4.88 Å². The van der Waals surface area contributed by atoms with Crippen molar-refractivity contribution in [2.45, 2.75) is 12.3 Å². The van der Waals surface area contributed by atoms with Crippen molar-refractivity contribution in [2.75, 3.05) is 51.8 Å². The van der Waals surface area contributed by atoms with Gasteiger partial charge in [0.15, 0.2) is 0 Å². The molecule has 2 heterocycles. The van der Waals surface area contributed by atoms with E-state index in [9.17, 15) is 9.90 Å². The molecule has 3 rings (SSSR count). The predicted molar refractivity (Wildman–Crippen MR) is 122 cm³/mol. The fourth-order valence-electron chi connectivity index (χ4n) is 3.59. The van der Waals surface area contributed by atoms with Crippen LogP contribution in [0, 0.1) is 6.57 Å². The first kappa shape index (κ1) is 22.9. The van der Waals surface area contributed by atoms with Crippen LogP contribution in [-0.2, 0) is 4.74 Å². The molecule has 1 unspecified atom stereocenters. The molecule has 160 valence electrons. The fraction of sp³-hybridized carbons (Fsp3) is 0.429. The maximum atomic E-state index is 12.2. The fourth-order valence-corrected chi connectivity index (χ4v) is 5.09. The molecule has 0 radical (unpaired) electrons. The number of rotatable bonds is 7. The van der Waals surface area contributed by atoms with Crippen LogP contribution in [-0.4, -0.2) is 62.9 Å². The number of benzene rings is 1. The van der Waals surface area contributed by atoms with Crippen molar-refractivity contribution in [3.63, 3.8) is 0 Å². The molecule has 6 nitrogen and oxygen atoms in total. The van der Waals surface area contributed by atoms with Gasteiger partial charge in [0.25, 0.3) is 0 Å². The van der Waals surface area contributed by atoms with E-state index in [2.05, 4.69) is 9.74 Å². The molecule has 1 aromatic heterocycles. The zero-order valence-electron chi connectivity index (χ0n) is 16.8. The number of nitrogens with zero attached hydrogens (tertiary/aromatic N) is 3. The number of aromatic carboxylic acids is 1. The molecule has 1 atom stereocenters. The van der Waals surface area contributed by atoms with Crippen molar-refractivity contribution in [2.24, 2.45) is 0 Å². The topological polar surface area (TPSA) is 57.4 Å². The molecule has 1 aromatic carbocycles. The molecular weight excluding hydrogens is 445 g/mol. The maximum absolute atomic E-state index is 12.2. The van der Waals surface area contributed by atoms with E-state index in [1.165, 1.54) is 11.3 Å². The Morgan fingerprint density at radius 3 is 2.60 bits per heavy atom. The van der Waals surface area contributed by atoms with Gasteiger partial charge in [-0.15, -0.1) is 11.3 Å². The van der Waals surface area contributed by atoms with Gasteiger partial charge in [-0.2, -0.15) is 0 Å². The third kappa shape index (κ3) is 4.90. The number of thiophene rings is 1. The Balaban J connectivity index is 2.17. The Morgan fingerprint density at radius 1 is 1.33 bits per heavy atom. The lowest BCUT2D eigenvalue weighted by Gasteiger charge is -2.28. The van der Waals surface area contributed by atoms with Gasteiger partial charge in [0, 0.05) is 19.0 Å². The highest BCUT2D eigenvalue weighted by Gasteiger charge is 2.32. The Labute approximate surface area is 190 Å². The van der Waals surface area contributed by atoms with Crippen molar-refractivity contribution in [1.29, 1.82) is 0 Å². The number of halogens is 2. The van der Waals surface area contributed by atoms with Crippen LogP contribution in [0.1, 0.15) is 33.1 Å². The summed E-state index contributed by atoms with van der Waals surface area (Å²) in [6.07, 6.45) is 0.646. The molecule has 9 heteroatoms. The number of morpholine rings is 1. The Kier molecular flexibility index (Phi) is 7.61. The smallest absolute Gasteiger partial charge is 0.344 e. The summed E-state index contributed by atoms with van der Waals surface area (Å²) in [5.41, 5.74) is 1.82. The van der Waals surface area contributed by atoms with Gasteiger partial charge < -0.3 is 19.6 Å². The molecule has 30 heavy (non-hydrogen) atoms. The van der Waals surface area contributed by atoms with Crippen LogP contribution in [0.2, 0.25) is 10.0 Å². The third-order valence-corrected chi connectivity index (χ3v) is 7.05. The minimum atomic E-state index is -1.02. The van der Waals surface area contributed by atoms with E-state index in [0.29, 0.717) is 59.0 Å². The molecule has 1 aliphatic rings. The molecular formula is C21H23Cl2N3O3S. The number of carbonyl (C=O) groups is 1. The van der Waals surface area contributed by atoms with Crippen LogP contribution in [0.15, 0.2) is 18.2 Å². The van der Waals surface area contributed by atoms with E-state index in [0.717, 1.165) is 12.1 Å². The zero-order chi connectivity index (χ0) is 21.8. The second kappa shape index (κ2) is 9.99. The highest BCUT2D eigenvalue weighted by Crippen LogP contribution is 2.49. The van der Waals surface area contributed by atoms with Gasteiger partial charge in [-0.05, 0) is 50.3 Å². The molecule has 0 bridgehead atoms. The summed E-state index contributed by atoms with van der Waals surface area (Å²) >= 11 is 13.6. The first-order chi connectivity index (χ1) is 14.3. The summed E-state index contributed by atoms with van der Waals surface area (Å²) < 4.78 is 5.42. The van der Waals surface area contributed by atoms with Crippen molar-refractivity contribution in [1.82, 2.24) is 4.90 Å². The SMILES string of the molecule is [C-]#[N+]c1c(N2CCOCC2)sc(C(=O)O)c1C(CCN(C)C)c1ccc(Cl)c(Cl)c1. The second-order valence-corrected chi connectivity index (χ2v) is 9.15. The van der Waals surface area contributed by atoms with Gasteiger partial charge >= 0.3 is 5.97 Å². The molecule has 0 amide bonds. The summed E-state index contributed by atoms with van der Waals surface area (Å²) in [6.45, 7) is 11.0. The number of anilines is 1. The lowest BCUT2D eigenvalue weighted by Crippen LogP contribution is -2.35. The van der Waals surface area contributed by atoms with E-state index >= 15 is 0 Å². The number of carboxylic acids is 1. The summed E-state index contributed by atoms with van der Waals surface area (Å²) in [5, 5.41) is 11.5. The average molecular weight is 468 g/mol. The quantitative estimate of drug-likeness (QED) is 0.565. The van der Waals surface area contributed by atoms with Gasteiger partial charge in [-0.1, -0.05) is 29.3 Å². The molecule has 1 saturated heterocycles. The largest absolute Gasteiger partial charge is 0.477 e. The molecule has 0 spiro atoms. The lowest BCUT2D eigenvalue weighted by molar-refractivity contribution is 0.0700. The van der Waals surface area contributed by atoms with Crippen LogP contribution in [0.4, 0.5) is 10.7 Å². The van der Waals surface area contributed by atoms with Crippen molar-refractivity contribution in [3.8, 4) is 0 Å². The molecule has 2 aromatic rings. The Morgan fingerprint density at radius 2 is 2.03 bits per heavy atom. The average Bonchev–Trinajstić information content (AvgIpc) is 3.11. The number of ether oxygens (including phenoxy) is 1. The first-order valence-corrected chi connectivity index (χ1v) is 11.1. The lowest BCUT2D eigenvalue weighted by atomic mass is 9.87. The van der Waals surface area contributed by atoms with Crippen LogP contribution in [0.3, 0.4) is 0 Å². The van der Waals surface area contributed by atoms with Crippen molar-refractivity contribution >= 4 is 51.2 Å². The van der Waals surface area contributed by atoms with Crippen LogP contribution < -0.4 is 4.90 Å². The highest BCUT2D eigenvalue weighted by molar-refractivity contribution is 7.18. The minimum absolute atomic E-state index is 0.206. The zero-order valence-corrected chi connectivity index (χ0v) is 19.1. The van der Waals surface area contributed by atoms with E-state index in [1.54, 1.807) is 12.1 Å². The first-order valence-electron chi connectivity index (χ1n) is 9.53. The summed E-state index contributed by atoms with van der Waals surface area (Å²) in [7, 11) is 3.93. The van der Waals surface area contributed by atoms with Crippen LogP contribution in [0.5, 0.6) is 0 Å². The normalized spacial score (nSPS) is 15.3. The number of hydrogen-bond acceptors (Lipinski definition) is 5. The molecule has 1 N–H and O–H groups in total. The number of hydrogen-bond donors (Lipinski definition) is 1. The van der Waals surface area contributed by atoms with Gasteiger partial charge in [0.2, 0.25) is 5.69 Å². The van der Waals surface area contributed by atoms with Crippen molar-refractivity contribution < 1.29 is 14.6 Å². The van der Waals surface area contributed by atoms with Crippen molar-refractivity contribution in [3.05, 3.63) is 55.7 Å². The van der Waals surface area contributed by atoms with E-state index in [1.807, 2.05) is 25.1 Å². The summed E-state index contributed by atoms with van der Waals surface area (Å²) in [6, 6.07) is 5.35. The summed E-state index contributed by atoms with van der Waals surface area (Å²) in [4.78, 5) is 20.3. The van der Waals surface area contributed by atoms with Gasteiger partial charge in [0.05, 0.1) is 34.8 Å². The van der Waals surface area contributed by atoms with E-state index in [4.69, 9.17) is 34.5 Å². The Bertz CT molecular complexity index is 965. The van der Waals surface area contributed by atoms with Crippen LogP contribution >= 0.6 is 34.5 Å². The third-order valence-electron chi connectivity index (χ3n) is 5.06. The van der Waals surface area contributed by atoms with E-state index in [-0.39, 0.29) is 10.8 Å². The standard InChI is InChI=1S/C21H23Cl2N3O3S/c1-24-18-17(19(21(27)28)30-20(18)26-8-10-29-11-9-26)14(6-7-25(2)3)13-4-5-15(22)16(23)12-13/h4-5,12,14H,6-11H2,2-3H3,(H,27,28). The molecule has 0 saturated carbocycles. The van der Waals surface area contributed by atoms with Crippen LogP contribution in [0.25, 0.3) is 4.85 Å². The summed E-state index contributed by atoms with van der Waals surface area (Å²) in [5.74, 6) is -1.31. The maximum Gasteiger partial charge on any atom is 0.344 e. The Hall–Kier alpha value is -1.82. The van der Waals surface area contributed by atoms with Gasteiger partial charge in [-0.25, -0.2) is 9.64 Å². The van der Waals surface area contributed by atoms with Gasteiger partial charge in [-0.3, -0.25) is 0 Å². The highest BCUT2D eigenvalue weighted by atomic mass is 35.5. The van der Waals surface area contributed by atoms with E-state index < -0.39 is 5.97 Å². The molecule has 0 aliphatic carbocycles.